The number of nitrogens with zero attached hydrogens (tertiary/aromatic N) is 2. The van der Waals surface area contributed by atoms with Crippen molar-refractivity contribution >= 4 is 17.3 Å². The molecule has 0 aliphatic carbocycles. The Morgan fingerprint density at radius 1 is 1.62 bits per heavy atom. The van der Waals surface area contributed by atoms with Crippen molar-refractivity contribution in [1.29, 1.82) is 0 Å². The van der Waals surface area contributed by atoms with Crippen LogP contribution in [0.25, 0.3) is 0 Å². The van der Waals surface area contributed by atoms with Crippen LogP contribution in [0, 0.1) is 6.92 Å². The maximum absolute atomic E-state index is 4.14. The summed E-state index contributed by atoms with van der Waals surface area (Å²) >= 11 is 1.69. The Bertz CT molecular complexity index is 365. The summed E-state index contributed by atoms with van der Waals surface area (Å²) in [4.78, 5) is 4.14. The normalized spacial score (nSPS) is 10.2. The fourth-order valence-corrected chi connectivity index (χ4v) is 1.66. The van der Waals surface area contributed by atoms with Crippen molar-refractivity contribution in [2.45, 2.75) is 13.5 Å². The van der Waals surface area contributed by atoms with E-state index < -0.39 is 0 Å². The minimum Gasteiger partial charge on any atom is -0.349 e. The molecule has 0 saturated heterocycles. The van der Waals surface area contributed by atoms with Gasteiger partial charge in [-0.2, -0.15) is 16.3 Å². The summed E-state index contributed by atoms with van der Waals surface area (Å²) in [6.45, 7) is 2.66. The molecule has 0 aliphatic heterocycles. The first kappa shape index (κ1) is 8.25. The number of aromatic amines is 1. The molecule has 2 rings (SSSR count). The van der Waals surface area contributed by atoms with E-state index in [1.807, 2.05) is 6.92 Å². The molecule has 68 valence electrons. The van der Waals surface area contributed by atoms with Crippen LogP contribution in [0.1, 0.15) is 11.4 Å². The van der Waals surface area contributed by atoms with Gasteiger partial charge in [0.25, 0.3) is 0 Å². The molecule has 4 nitrogen and oxygen atoms in total. The lowest BCUT2D eigenvalue weighted by Gasteiger charge is -1.97. The molecule has 2 N–H and O–H groups in total. The summed E-state index contributed by atoms with van der Waals surface area (Å²) in [5.41, 5.74) is 1.26. The Morgan fingerprint density at radius 3 is 3.15 bits per heavy atom. The van der Waals surface area contributed by atoms with Crippen molar-refractivity contribution in [2.24, 2.45) is 0 Å². The molecule has 0 aliphatic rings. The molecule has 0 spiro atoms. The maximum Gasteiger partial charge on any atom is 0.242 e. The van der Waals surface area contributed by atoms with Gasteiger partial charge in [-0.25, -0.2) is 0 Å². The Hall–Kier alpha value is -1.36. The fraction of sp³-hybridized carbons (Fsp3) is 0.250. The molecule has 5 heteroatoms. The lowest BCUT2D eigenvalue weighted by molar-refractivity contribution is 1.03. The van der Waals surface area contributed by atoms with E-state index in [0.717, 1.165) is 12.4 Å². The van der Waals surface area contributed by atoms with Crippen LogP contribution in [-0.4, -0.2) is 15.2 Å². The van der Waals surface area contributed by atoms with E-state index in [4.69, 9.17) is 0 Å². The monoisotopic (exact) mass is 194 g/mol. The molecule has 0 unspecified atom stereocenters. The zero-order chi connectivity index (χ0) is 9.10. The standard InChI is InChI=1S/C8H10N4S/c1-6-10-8(12-11-6)9-4-7-2-3-13-5-7/h2-3,5H,4H2,1H3,(H2,9,10,11,12). The molecule has 0 amide bonds. The maximum atomic E-state index is 4.14. The number of H-pyrrole nitrogens is 1. The van der Waals surface area contributed by atoms with Crippen LogP contribution < -0.4 is 5.32 Å². The van der Waals surface area contributed by atoms with Gasteiger partial charge in [-0.15, -0.1) is 5.10 Å². The molecular weight excluding hydrogens is 184 g/mol. The lowest BCUT2D eigenvalue weighted by Crippen LogP contribution is -1.99. The van der Waals surface area contributed by atoms with Gasteiger partial charge in [0, 0.05) is 6.54 Å². The summed E-state index contributed by atoms with van der Waals surface area (Å²) in [6, 6.07) is 2.08. The predicted molar refractivity (Wildman–Crippen MR) is 52.8 cm³/mol. The van der Waals surface area contributed by atoms with Crippen LogP contribution in [0.4, 0.5) is 5.95 Å². The van der Waals surface area contributed by atoms with Crippen LogP contribution in [0.15, 0.2) is 16.8 Å². The smallest absolute Gasteiger partial charge is 0.242 e. The van der Waals surface area contributed by atoms with Crippen molar-refractivity contribution in [3.63, 3.8) is 0 Å². The highest BCUT2D eigenvalue weighted by molar-refractivity contribution is 7.07. The van der Waals surface area contributed by atoms with Crippen molar-refractivity contribution in [3.05, 3.63) is 28.2 Å². The topological polar surface area (TPSA) is 53.6 Å². The first-order valence-corrected chi connectivity index (χ1v) is 4.93. The summed E-state index contributed by atoms with van der Waals surface area (Å²) in [5.74, 6) is 1.48. The number of rotatable bonds is 3. The second-order valence-electron chi connectivity index (χ2n) is 2.73. The van der Waals surface area contributed by atoms with E-state index in [1.165, 1.54) is 5.56 Å². The summed E-state index contributed by atoms with van der Waals surface area (Å²) < 4.78 is 0. The molecule has 13 heavy (non-hydrogen) atoms. The highest BCUT2D eigenvalue weighted by Crippen LogP contribution is 2.07. The number of aromatic nitrogens is 3. The van der Waals surface area contributed by atoms with Crippen molar-refractivity contribution in [1.82, 2.24) is 15.2 Å². The molecule has 2 aromatic rings. The number of hydrogen-bond acceptors (Lipinski definition) is 4. The quantitative estimate of drug-likeness (QED) is 0.783. The van der Waals surface area contributed by atoms with Gasteiger partial charge in [0.2, 0.25) is 5.95 Å². The van der Waals surface area contributed by atoms with Crippen LogP contribution in [0.2, 0.25) is 0 Å². The summed E-state index contributed by atoms with van der Waals surface area (Å²) in [7, 11) is 0. The highest BCUT2D eigenvalue weighted by Gasteiger charge is 1.98. The first-order chi connectivity index (χ1) is 6.34. The van der Waals surface area contributed by atoms with Crippen LogP contribution in [0.5, 0.6) is 0 Å². The molecule has 0 aromatic carbocycles. The van der Waals surface area contributed by atoms with Crippen molar-refractivity contribution < 1.29 is 0 Å². The number of nitrogens with one attached hydrogen (secondary N) is 2. The molecule has 2 aromatic heterocycles. The third-order valence-corrected chi connectivity index (χ3v) is 2.36. The SMILES string of the molecule is Cc1nc(NCc2ccsc2)n[nH]1. The molecule has 2 heterocycles. The van der Waals surface area contributed by atoms with Gasteiger partial charge >= 0.3 is 0 Å². The Morgan fingerprint density at radius 2 is 2.54 bits per heavy atom. The molecule has 0 bridgehead atoms. The molecular formula is C8H10N4S. The Kier molecular flexibility index (Phi) is 2.27. The van der Waals surface area contributed by atoms with E-state index in [0.29, 0.717) is 5.95 Å². The number of aryl methyl sites for hydroxylation is 1. The average Bonchev–Trinajstić information content (AvgIpc) is 2.71. The minimum absolute atomic E-state index is 0.656. The second-order valence-corrected chi connectivity index (χ2v) is 3.51. The third-order valence-electron chi connectivity index (χ3n) is 1.63. The van der Waals surface area contributed by atoms with E-state index in [1.54, 1.807) is 11.3 Å². The van der Waals surface area contributed by atoms with Crippen LogP contribution >= 0.6 is 11.3 Å². The third kappa shape index (κ3) is 2.06. The predicted octanol–water partition coefficient (Wildman–Crippen LogP) is 1.79. The Balaban J connectivity index is 1.93. The molecule has 0 atom stereocenters. The summed E-state index contributed by atoms with van der Waals surface area (Å²) in [5, 5.41) is 14.0. The van der Waals surface area contributed by atoms with Crippen LogP contribution in [0.3, 0.4) is 0 Å². The zero-order valence-electron chi connectivity index (χ0n) is 7.24. The Labute approximate surface area is 80.0 Å². The number of thiophene rings is 1. The molecule has 0 radical (unpaired) electrons. The average molecular weight is 194 g/mol. The van der Waals surface area contributed by atoms with E-state index in [-0.39, 0.29) is 0 Å². The molecule has 0 fully saturated rings. The van der Waals surface area contributed by atoms with Gasteiger partial charge in [-0.05, 0) is 29.3 Å². The zero-order valence-corrected chi connectivity index (χ0v) is 8.06. The minimum atomic E-state index is 0.656. The fourth-order valence-electron chi connectivity index (χ4n) is 0.996. The van der Waals surface area contributed by atoms with Gasteiger partial charge in [-0.1, -0.05) is 0 Å². The number of hydrogen-bond donors (Lipinski definition) is 2. The second kappa shape index (κ2) is 3.57. The van der Waals surface area contributed by atoms with Gasteiger partial charge in [0.15, 0.2) is 0 Å². The lowest BCUT2D eigenvalue weighted by atomic mass is 10.3. The molecule has 0 saturated carbocycles. The highest BCUT2D eigenvalue weighted by atomic mass is 32.1. The van der Waals surface area contributed by atoms with E-state index >= 15 is 0 Å². The van der Waals surface area contributed by atoms with Gasteiger partial charge in [0.1, 0.15) is 5.82 Å². The largest absolute Gasteiger partial charge is 0.349 e. The van der Waals surface area contributed by atoms with Gasteiger partial charge < -0.3 is 5.32 Å². The van der Waals surface area contributed by atoms with Crippen LogP contribution in [-0.2, 0) is 6.54 Å². The van der Waals surface area contributed by atoms with Gasteiger partial charge in [-0.3, -0.25) is 5.10 Å². The van der Waals surface area contributed by atoms with Gasteiger partial charge in [0.05, 0.1) is 0 Å². The van der Waals surface area contributed by atoms with Crippen molar-refractivity contribution in [2.75, 3.05) is 5.32 Å². The summed E-state index contributed by atoms with van der Waals surface area (Å²) in [6.07, 6.45) is 0. The first-order valence-electron chi connectivity index (χ1n) is 3.98. The van der Waals surface area contributed by atoms with E-state index in [2.05, 4.69) is 37.3 Å². The van der Waals surface area contributed by atoms with Crippen molar-refractivity contribution in [3.8, 4) is 0 Å². The number of anilines is 1. The van der Waals surface area contributed by atoms with E-state index in [9.17, 15) is 0 Å².